The van der Waals surface area contributed by atoms with Crippen LogP contribution >= 0.6 is 0 Å². The van der Waals surface area contributed by atoms with Gasteiger partial charge >= 0.3 is 0 Å². The molecule has 0 bridgehead atoms. The molecule has 0 radical (unpaired) electrons. The molecule has 1 amide bonds. The summed E-state index contributed by atoms with van der Waals surface area (Å²) in [4.78, 5) is 16.5. The third-order valence-electron chi connectivity index (χ3n) is 3.47. The fraction of sp³-hybridized carbons (Fsp3) is 0.923. The average Bonchev–Trinajstić information content (AvgIpc) is 2.51. The molecule has 1 fully saturated rings. The SMILES string of the molecule is CCC1NC(C)C(=O)N1C(CN(C)C)C(C)C. The van der Waals surface area contributed by atoms with Crippen molar-refractivity contribution in [1.29, 1.82) is 0 Å². The van der Waals surface area contributed by atoms with Crippen LogP contribution < -0.4 is 5.32 Å². The van der Waals surface area contributed by atoms with Gasteiger partial charge in [0.25, 0.3) is 0 Å². The third-order valence-corrected chi connectivity index (χ3v) is 3.47. The summed E-state index contributed by atoms with van der Waals surface area (Å²) in [6.45, 7) is 9.39. The minimum absolute atomic E-state index is 0.0386. The second-order valence-electron chi connectivity index (χ2n) is 5.63. The largest absolute Gasteiger partial charge is 0.321 e. The van der Waals surface area contributed by atoms with E-state index in [1.165, 1.54) is 0 Å². The van der Waals surface area contributed by atoms with Crippen molar-refractivity contribution in [3.63, 3.8) is 0 Å². The second-order valence-corrected chi connectivity index (χ2v) is 5.63. The van der Waals surface area contributed by atoms with E-state index in [1.807, 2.05) is 6.92 Å². The molecule has 1 aliphatic heterocycles. The number of nitrogens with one attached hydrogen (secondary N) is 1. The summed E-state index contributed by atoms with van der Waals surface area (Å²) in [5, 5.41) is 3.37. The summed E-state index contributed by atoms with van der Waals surface area (Å²) in [6.07, 6.45) is 1.16. The van der Waals surface area contributed by atoms with Crippen molar-refractivity contribution in [2.45, 2.75) is 52.4 Å². The van der Waals surface area contributed by atoms with Crippen LogP contribution in [0.25, 0.3) is 0 Å². The highest BCUT2D eigenvalue weighted by Crippen LogP contribution is 2.22. The average molecular weight is 241 g/mol. The van der Waals surface area contributed by atoms with Crippen molar-refractivity contribution < 1.29 is 4.79 Å². The smallest absolute Gasteiger partial charge is 0.241 e. The lowest BCUT2D eigenvalue weighted by molar-refractivity contribution is -0.133. The molecule has 1 aliphatic rings. The van der Waals surface area contributed by atoms with E-state index in [0.29, 0.717) is 12.0 Å². The van der Waals surface area contributed by atoms with Gasteiger partial charge in [-0.05, 0) is 33.4 Å². The molecule has 0 aliphatic carbocycles. The molecule has 4 heteroatoms. The van der Waals surface area contributed by atoms with Crippen molar-refractivity contribution in [1.82, 2.24) is 15.1 Å². The number of carbonyl (C=O) groups is 1. The van der Waals surface area contributed by atoms with Gasteiger partial charge in [-0.15, -0.1) is 0 Å². The zero-order chi connectivity index (χ0) is 13.2. The minimum Gasteiger partial charge on any atom is -0.321 e. The van der Waals surface area contributed by atoms with Crippen LogP contribution in [0.4, 0.5) is 0 Å². The number of likely N-dealkylation sites (N-methyl/N-ethyl adjacent to an activating group) is 1. The molecule has 0 aromatic heterocycles. The maximum Gasteiger partial charge on any atom is 0.241 e. The lowest BCUT2D eigenvalue weighted by Crippen LogP contribution is -2.51. The Morgan fingerprint density at radius 1 is 1.41 bits per heavy atom. The molecular formula is C13H27N3O. The number of carbonyl (C=O) groups excluding carboxylic acids is 1. The van der Waals surface area contributed by atoms with E-state index < -0.39 is 0 Å². The second kappa shape index (κ2) is 5.83. The normalized spacial score (nSPS) is 27.3. The van der Waals surface area contributed by atoms with Crippen LogP contribution in [0.1, 0.15) is 34.1 Å². The summed E-state index contributed by atoms with van der Waals surface area (Å²) in [5.74, 6) is 0.722. The summed E-state index contributed by atoms with van der Waals surface area (Å²) in [7, 11) is 4.13. The van der Waals surface area contributed by atoms with Gasteiger partial charge in [0.1, 0.15) is 0 Å². The van der Waals surface area contributed by atoms with Crippen molar-refractivity contribution in [2.75, 3.05) is 20.6 Å². The van der Waals surface area contributed by atoms with Gasteiger partial charge in [-0.3, -0.25) is 10.1 Å². The van der Waals surface area contributed by atoms with E-state index in [0.717, 1.165) is 13.0 Å². The number of hydrogen-bond acceptors (Lipinski definition) is 3. The van der Waals surface area contributed by atoms with Crippen molar-refractivity contribution >= 4 is 5.91 Å². The summed E-state index contributed by atoms with van der Waals surface area (Å²) >= 11 is 0. The van der Waals surface area contributed by atoms with Gasteiger partial charge < -0.3 is 9.80 Å². The van der Waals surface area contributed by atoms with Crippen LogP contribution in [0, 0.1) is 5.92 Å². The lowest BCUT2D eigenvalue weighted by Gasteiger charge is -2.36. The summed E-state index contributed by atoms with van der Waals surface area (Å²) < 4.78 is 0. The Kier molecular flexibility index (Phi) is 4.95. The zero-order valence-corrected chi connectivity index (χ0v) is 12.0. The molecule has 3 atom stereocenters. The predicted molar refractivity (Wildman–Crippen MR) is 70.7 cm³/mol. The molecule has 3 unspecified atom stereocenters. The number of nitrogens with zero attached hydrogens (tertiary/aromatic N) is 2. The highest BCUT2D eigenvalue weighted by atomic mass is 16.2. The fourth-order valence-corrected chi connectivity index (χ4v) is 2.52. The quantitative estimate of drug-likeness (QED) is 0.784. The van der Waals surface area contributed by atoms with E-state index in [1.54, 1.807) is 0 Å². The summed E-state index contributed by atoms with van der Waals surface area (Å²) in [5.41, 5.74) is 0. The Bertz CT molecular complexity index is 265. The van der Waals surface area contributed by atoms with Crippen molar-refractivity contribution in [3.05, 3.63) is 0 Å². The summed E-state index contributed by atoms with van der Waals surface area (Å²) in [6, 6.07) is 0.253. The van der Waals surface area contributed by atoms with E-state index in [4.69, 9.17) is 0 Å². The van der Waals surface area contributed by atoms with Crippen LogP contribution in [0.15, 0.2) is 0 Å². The number of rotatable bonds is 5. The first-order valence-electron chi connectivity index (χ1n) is 6.61. The standard InChI is InChI=1S/C13H27N3O/c1-7-12-14-10(4)13(17)16(12)11(9(2)3)8-15(5)6/h9-12,14H,7-8H2,1-6H3. The molecule has 1 N–H and O–H groups in total. The highest BCUT2D eigenvalue weighted by molar-refractivity contribution is 5.84. The van der Waals surface area contributed by atoms with Crippen LogP contribution in [0.3, 0.4) is 0 Å². The molecule has 1 rings (SSSR count). The predicted octanol–water partition coefficient (Wildman–Crippen LogP) is 1.13. The Morgan fingerprint density at radius 2 is 2.00 bits per heavy atom. The Balaban J connectivity index is 2.87. The molecule has 0 aromatic rings. The molecule has 17 heavy (non-hydrogen) atoms. The van der Waals surface area contributed by atoms with E-state index >= 15 is 0 Å². The van der Waals surface area contributed by atoms with Crippen molar-refractivity contribution in [2.24, 2.45) is 5.92 Å². The Hall–Kier alpha value is -0.610. The van der Waals surface area contributed by atoms with E-state index in [-0.39, 0.29) is 18.1 Å². The van der Waals surface area contributed by atoms with Crippen LogP contribution in [0.5, 0.6) is 0 Å². The van der Waals surface area contributed by atoms with Crippen LogP contribution in [-0.4, -0.2) is 54.6 Å². The first kappa shape index (κ1) is 14.5. The van der Waals surface area contributed by atoms with Gasteiger partial charge in [-0.25, -0.2) is 0 Å². The zero-order valence-electron chi connectivity index (χ0n) is 12.0. The van der Waals surface area contributed by atoms with Gasteiger partial charge in [-0.1, -0.05) is 20.8 Å². The third kappa shape index (κ3) is 3.19. The number of amides is 1. The first-order valence-corrected chi connectivity index (χ1v) is 6.61. The molecule has 1 saturated heterocycles. The van der Waals surface area contributed by atoms with Gasteiger partial charge in [0, 0.05) is 12.6 Å². The molecule has 0 saturated carbocycles. The number of hydrogen-bond donors (Lipinski definition) is 1. The molecule has 0 spiro atoms. The van der Waals surface area contributed by atoms with Crippen LogP contribution in [-0.2, 0) is 4.79 Å². The molecule has 100 valence electrons. The molecular weight excluding hydrogens is 214 g/mol. The van der Waals surface area contributed by atoms with Crippen molar-refractivity contribution in [3.8, 4) is 0 Å². The monoisotopic (exact) mass is 241 g/mol. The van der Waals surface area contributed by atoms with Gasteiger partial charge in [0.05, 0.1) is 12.2 Å². The van der Waals surface area contributed by atoms with Gasteiger partial charge in [-0.2, -0.15) is 0 Å². The van der Waals surface area contributed by atoms with Gasteiger partial charge in [0.2, 0.25) is 5.91 Å². The van der Waals surface area contributed by atoms with Gasteiger partial charge in [0.15, 0.2) is 0 Å². The fourth-order valence-electron chi connectivity index (χ4n) is 2.52. The highest BCUT2D eigenvalue weighted by Gasteiger charge is 2.40. The molecule has 0 aromatic carbocycles. The van der Waals surface area contributed by atoms with E-state index in [9.17, 15) is 4.79 Å². The minimum atomic E-state index is -0.0386. The Labute approximate surface area is 105 Å². The van der Waals surface area contributed by atoms with Crippen LogP contribution in [0.2, 0.25) is 0 Å². The Morgan fingerprint density at radius 3 is 2.41 bits per heavy atom. The maximum absolute atomic E-state index is 12.2. The first-order chi connectivity index (χ1) is 7.88. The molecule has 1 heterocycles. The maximum atomic E-state index is 12.2. The van der Waals surface area contributed by atoms with E-state index in [2.05, 4.69) is 50.0 Å². The molecule has 4 nitrogen and oxygen atoms in total. The lowest BCUT2D eigenvalue weighted by atomic mass is 10.0. The topological polar surface area (TPSA) is 35.6 Å².